The predicted molar refractivity (Wildman–Crippen MR) is 91.3 cm³/mol. The number of aryl methyl sites for hydroxylation is 1. The second kappa shape index (κ2) is 7.18. The van der Waals surface area contributed by atoms with Gasteiger partial charge in [0.15, 0.2) is 0 Å². The van der Waals surface area contributed by atoms with Gasteiger partial charge in [-0.1, -0.05) is 24.3 Å². The van der Waals surface area contributed by atoms with Crippen molar-refractivity contribution < 1.29 is 14.3 Å². The molecule has 0 bridgehead atoms. The van der Waals surface area contributed by atoms with E-state index in [1.807, 2.05) is 45.0 Å². The van der Waals surface area contributed by atoms with Crippen LogP contribution in [0.5, 0.6) is 11.5 Å². The van der Waals surface area contributed by atoms with E-state index in [0.29, 0.717) is 17.1 Å². The second-order valence-corrected chi connectivity index (χ2v) is 5.56. The molecular weight excluding hydrogens is 290 g/mol. The van der Waals surface area contributed by atoms with Crippen LogP contribution in [0.4, 0.5) is 0 Å². The van der Waals surface area contributed by atoms with Crippen LogP contribution in [-0.4, -0.2) is 20.1 Å². The molecular formula is C19H23NO3. The summed E-state index contributed by atoms with van der Waals surface area (Å²) in [7, 11) is 3.17. The van der Waals surface area contributed by atoms with Crippen molar-refractivity contribution in [2.75, 3.05) is 14.2 Å². The van der Waals surface area contributed by atoms with Gasteiger partial charge in [-0.25, -0.2) is 0 Å². The summed E-state index contributed by atoms with van der Waals surface area (Å²) in [4.78, 5) is 12.6. The second-order valence-electron chi connectivity index (χ2n) is 5.56. The number of hydrogen-bond acceptors (Lipinski definition) is 3. The highest BCUT2D eigenvalue weighted by Crippen LogP contribution is 2.29. The van der Waals surface area contributed by atoms with E-state index in [0.717, 1.165) is 16.7 Å². The van der Waals surface area contributed by atoms with Gasteiger partial charge in [0.25, 0.3) is 5.91 Å². The standard InChI is InChI=1S/C19H23NO3/c1-12-8-6-7-9-16(12)14(3)20-19(21)15-10-17(22-4)13(2)18(11-15)23-5/h6-11,14H,1-5H3,(H,20,21). The molecule has 1 N–H and O–H groups in total. The number of amides is 1. The lowest BCUT2D eigenvalue weighted by molar-refractivity contribution is 0.0939. The SMILES string of the molecule is COc1cc(C(=O)NC(C)c2ccccc2C)cc(OC)c1C. The van der Waals surface area contributed by atoms with Crippen LogP contribution in [0.2, 0.25) is 0 Å². The average Bonchev–Trinajstić information content (AvgIpc) is 2.55. The Labute approximate surface area is 137 Å². The molecule has 1 unspecified atom stereocenters. The summed E-state index contributed by atoms with van der Waals surface area (Å²) in [5.41, 5.74) is 3.65. The zero-order chi connectivity index (χ0) is 17.0. The van der Waals surface area contributed by atoms with Gasteiger partial charge in [0, 0.05) is 11.1 Å². The molecule has 0 saturated heterocycles. The summed E-state index contributed by atoms with van der Waals surface area (Å²) in [6.07, 6.45) is 0. The molecule has 0 heterocycles. The van der Waals surface area contributed by atoms with E-state index in [1.165, 1.54) is 0 Å². The van der Waals surface area contributed by atoms with E-state index in [9.17, 15) is 4.79 Å². The molecule has 1 amide bonds. The molecule has 4 heteroatoms. The number of benzene rings is 2. The fourth-order valence-electron chi connectivity index (χ4n) is 2.65. The number of carbonyl (C=O) groups is 1. The minimum Gasteiger partial charge on any atom is -0.496 e. The number of carbonyl (C=O) groups excluding carboxylic acids is 1. The third-order valence-electron chi connectivity index (χ3n) is 4.02. The zero-order valence-electron chi connectivity index (χ0n) is 14.3. The fraction of sp³-hybridized carbons (Fsp3) is 0.316. The maximum Gasteiger partial charge on any atom is 0.252 e. The highest BCUT2D eigenvalue weighted by molar-refractivity contribution is 5.95. The minimum absolute atomic E-state index is 0.0815. The van der Waals surface area contributed by atoms with Crippen molar-refractivity contribution in [3.8, 4) is 11.5 Å². The van der Waals surface area contributed by atoms with E-state index in [-0.39, 0.29) is 11.9 Å². The Morgan fingerprint density at radius 1 is 1.04 bits per heavy atom. The van der Waals surface area contributed by atoms with Crippen molar-refractivity contribution in [2.45, 2.75) is 26.8 Å². The van der Waals surface area contributed by atoms with Gasteiger partial charge in [-0.2, -0.15) is 0 Å². The lowest BCUT2D eigenvalue weighted by atomic mass is 10.0. The summed E-state index contributed by atoms with van der Waals surface area (Å²) in [6.45, 7) is 5.91. The van der Waals surface area contributed by atoms with Gasteiger partial charge in [-0.15, -0.1) is 0 Å². The molecule has 0 aromatic heterocycles. The van der Waals surface area contributed by atoms with Crippen LogP contribution in [0.25, 0.3) is 0 Å². The van der Waals surface area contributed by atoms with E-state index in [1.54, 1.807) is 26.4 Å². The molecule has 0 spiro atoms. The Hall–Kier alpha value is -2.49. The molecule has 23 heavy (non-hydrogen) atoms. The summed E-state index contributed by atoms with van der Waals surface area (Å²) < 4.78 is 10.7. The van der Waals surface area contributed by atoms with Crippen LogP contribution in [0.1, 0.15) is 40.0 Å². The number of hydrogen-bond donors (Lipinski definition) is 1. The third-order valence-corrected chi connectivity index (χ3v) is 4.02. The van der Waals surface area contributed by atoms with Gasteiger partial charge in [0.05, 0.1) is 20.3 Å². The summed E-state index contributed by atoms with van der Waals surface area (Å²) in [5, 5.41) is 3.03. The first-order valence-corrected chi connectivity index (χ1v) is 7.57. The lowest BCUT2D eigenvalue weighted by Gasteiger charge is -2.18. The van der Waals surface area contributed by atoms with Gasteiger partial charge in [-0.05, 0) is 44.0 Å². The quantitative estimate of drug-likeness (QED) is 0.913. The van der Waals surface area contributed by atoms with Crippen LogP contribution >= 0.6 is 0 Å². The van der Waals surface area contributed by atoms with Gasteiger partial charge in [0.1, 0.15) is 11.5 Å². The number of nitrogens with one attached hydrogen (secondary N) is 1. The van der Waals surface area contributed by atoms with Crippen molar-refractivity contribution in [2.24, 2.45) is 0 Å². The van der Waals surface area contributed by atoms with E-state index < -0.39 is 0 Å². The van der Waals surface area contributed by atoms with E-state index in [4.69, 9.17) is 9.47 Å². The molecule has 2 aromatic rings. The lowest BCUT2D eigenvalue weighted by Crippen LogP contribution is -2.27. The molecule has 0 aliphatic rings. The monoisotopic (exact) mass is 313 g/mol. The molecule has 4 nitrogen and oxygen atoms in total. The molecule has 122 valence electrons. The predicted octanol–water partition coefficient (Wildman–Crippen LogP) is 3.81. The van der Waals surface area contributed by atoms with Gasteiger partial charge >= 0.3 is 0 Å². The Balaban J connectivity index is 2.26. The highest BCUT2D eigenvalue weighted by Gasteiger charge is 2.16. The van der Waals surface area contributed by atoms with E-state index >= 15 is 0 Å². The van der Waals surface area contributed by atoms with Crippen molar-refractivity contribution in [3.05, 3.63) is 58.7 Å². The number of rotatable bonds is 5. The first kappa shape index (κ1) is 16.9. The molecule has 0 radical (unpaired) electrons. The van der Waals surface area contributed by atoms with Crippen molar-refractivity contribution in [1.29, 1.82) is 0 Å². The molecule has 0 aliphatic carbocycles. The van der Waals surface area contributed by atoms with E-state index in [2.05, 4.69) is 5.32 Å². The minimum atomic E-state index is -0.155. The zero-order valence-corrected chi connectivity index (χ0v) is 14.3. The first-order valence-electron chi connectivity index (χ1n) is 7.57. The van der Waals surface area contributed by atoms with Crippen LogP contribution in [-0.2, 0) is 0 Å². The maximum absolute atomic E-state index is 12.6. The Kier molecular flexibility index (Phi) is 5.27. The average molecular weight is 313 g/mol. The Morgan fingerprint density at radius 2 is 1.61 bits per heavy atom. The van der Waals surface area contributed by atoms with Gasteiger partial charge in [-0.3, -0.25) is 4.79 Å². The number of methoxy groups -OCH3 is 2. The smallest absolute Gasteiger partial charge is 0.252 e. The van der Waals surface area contributed by atoms with Crippen LogP contribution in [0, 0.1) is 13.8 Å². The molecule has 0 aliphatic heterocycles. The normalized spacial score (nSPS) is 11.7. The molecule has 0 saturated carbocycles. The van der Waals surface area contributed by atoms with Crippen LogP contribution in [0.15, 0.2) is 36.4 Å². The molecule has 2 rings (SSSR count). The van der Waals surface area contributed by atoms with Crippen LogP contribution in [0.3, 0.4) is 0 Å². The number of ether oxygens (including phenoxy) is 2. The molecule has 1 atom stereocenters. The fourth-order valence-corrected chi connectivity index (χ4v) is 2.65. The summed E-state index contributed by atoms with van der Waals surface area (Å²) in [6, 6.07) is 11.4. The van der Waals surface area contributed by atoms with Crippen molar-refractivity contribution >= 4 is 5.91 Å². The maximum atomic E-state index is 12.6. The summed E-state index contributed by atoms with van der Waals surface area (Å²) >= 11 is 0. The van der Waals surface area contributed by atoms with Gasteiger partial charge in [0.2, 0.25) is 0 Å². The van der Waals surface area contributed by atoms with Crippen molar-refractivity contribution in [3.63, 3.8) is 0 Å². The third kappa shape index (κ3) is 3.65. The largest absolute Gasteiger partial charge is 0.496 e. The summed E-state index contributed by atoms with van der Waals surface area (Å²) in [5.74, 6) is 1.12. The molecule has 2 aromatic carbocycles. The van der Waals surface area contributed by atoms with Crippen LogP contribution < -0.4 is 14.8 Å². The van der Waals surface area contributed by atoms with Gasteiger partial charge < -0.3 is 14.8 Å². The first-order chi connectivity index (χ1) is 11.0. The molecule has 0 fully saturated rings. The Morgan fingerprint density at radius 3 is 2.13 bits per heavy atom. The highest BCUT2D eigenvalue weighted by atomic mass is 16.5. The topological polar surface area (TPSA) is 47.6 Å². The van der Waals surface area contributed by atoms with Crippen molar-refractivity contribution in [1.82, 2.24) is 5.32 Å². The Bertz CT molecular complexity index is 685.